The van der Waals surface area contributed by atoms with Crippen LogP contribution in [0.3, 0.4) is 0 Å². The van der Waals surface area contributed by atoms with Crippen LogP contribution in [0.1, 0.15) is 149 Å². The van der Waals surface area contributed by atoms with Crippen molar-refractivity contribution in [3.8, 4) is 0 Å². The van der Waals surface area contributed by atoms with Crippen molar-refractivity contribution < 1.29 is 37.6 Å². The van der Waals surface area contributed by atoms with E-state index < -0.39 is 32.5 Å². The number of unbranched alkanes of at least 4 members (excludes halogenated alkanes) is 12. The number of hydrogen-bond acceptors (Lipinski definition) is 8. The molecule has 0 fully saturated rings. The molecule has 3 N–H and O–H groups in total. The van der Waals surface area contributed by atoms with Crippen LogP contribution in [0.25, 0.3) is 0 Å². The molecule has 0 amide bonds. The first-order valence-electron chi connectivity index (χ1n) is 19.3. The molecule has 50 heavy (non-hydrogen) atoms. The first-order valence-corrected chi connectivity index (χ1v) is 20.8. The third-order valence-corrected chi connectivity index (χ3v) is 8.61. The molecular weight excluding hydrogens is 653 g/mol. The number of rotatable bonds is 35. The lowest BCUT2D eigenvalue weighted by Gasteiger charge is -2.19. The second-order valence-corrected chi connectivity index (χ2v) is 13.9. The van der Waals surface area contributed by atoms with Crippen LogP contribution in [-0.2, 0) is 32.7 Å². The van der Waals surface area contributed by atoms with Crippen LogP contribution < -0.4 is 5.73 Å². The van der Waals surface area contributed by atoms with Crippen molar-refractivity contribution in [2.24, 2.45) is 5.73 Å². The molecule has 2 atom stereocenters. The van der Waals surface area contributed by atoms with Crippen molar-refractivity contribution >= 4 is 19.8 Å². The Morgan fingerprint density at radius 3 is 1.64 bits per heavy atom. The van der Waals surface area contributed by atoms with Gasteiger partial charge in [-0.15, -0.1) is 0 Å². The van der Waals surface area contributed by atoms with E-state index in [2.05, 4.69) is 74.6 Å². The van der Waals surface area contributed by atoms with Gasteiger partial charge in [-0.05, 0) is 77.0 Å². The molecule has 1 unspecified atom stereocenters. The summed E-state index contributed by atoms with van der Waals surface area (Å²) in [4.78, 5) is 34.7. The minimum atomic E-state index is -4.39. The van der Waals surface area contributed by atoms with Crippen LogP contribution in [0.2, 0.25) is 0 Å². The minimum absolute atomic E-state index is 0.0425. The number of phosphoric ester groups is 1. The van der Waals surface area contributed by atoms with Gasteiger partial charge in [-0.25, -0.2) is 4.57 Å². The molecule has 0 aliphatic rings. The van der Waals surface area contributed by atoms with E-state index >= 15 is 0 Å². The molecule has 0 heterocycles. The van der Waals surface area contributed by atoms with Crippen molar-refractivity contribution in [3.63, 3.8) is 0 Å². The number of allylic oxidation sites excluding steroid dienone is 10. The monoisotopic (exact) mass is 723 g/mol. The number of hydrogen-bond donors (Lipinski definition) is 2. The number of carbonyl (C=O) groups is 2. The van der Waals surface area contributed by atoms with E-state index in [4.69, 9.17) is 24.3 Å². The first-order chi connectivity index (χ1) is 24.3. The van der Waals surface area contributed by atoms with Gasteiger partial charge in [0, 0.05) is 19.4 Å². The van der Waals surface area contributed by atoms with Gasteiger partial charge in [-0.1, -0.05) is 120 Å². The Morgan fingerprint density at radius 1 is 0.600 bits per heavy atom. The average molecular weight is 724 g/mol. The summed E-state index contributed by atoms with van der Waals surface area (Å²) in [6.07, 6.45) is 41.1. The van der Waals surface area contributed by atoms with Gasteiger partial charge in [0.05, 0.1) is 13.2 Å². The lowest BCUT2D eigenvalue weighted by atomic mass is 10.1. The van der Waals surface area contributed by atoms with Crippen LogP contribution in [0.4, 0.5) is 0 Å². The van der Waals surface area contributed by atoms with E-state index in [0.717, 1.165) is 77.0 Å². The highest BCUT2D eigenvalue weighted by Crippen LogP contribution is 2.43. The fraction of sp³-hybridized carbons (Fsp3) is 0.700. The molecule has 0 aliphatic carbocycles. The summed E-state index contributed by atoms with van der Waals surface area (Å²) in [5.41, 5.74) is 5.33. The summed E-state index contributed by atoms with van der Waals surface area (Å²) in [7, 11) is -4.39. The Labute approximate surface area is 304 Å². The van der Waals surface area contributed by atoms with E-state index in [1.165, 1.54) is 32.1 Å². The largest absolute Gasteiger partial charge is 0.472 e. The molecule has 0 aromatic carbocycles. The summed E-state index contributed by atoms with van der Waals surface area (Å²) in [5.74, 6) is -0.897. The topological polar surface area (TPSA) is 134 Å². The molecule has 288 valence electrons. The lowest BCUT2D eigenvalue weighted by molar-refractivity contribution is -0.161. The molecule has 0 rings (SSSR count). The van der Waals surface area contributed by atoms with Crippen LogP contribution in [0.5, 0.6) is 0 Å². The number of nitrogens with two attached hydrogens (primary N) is 1. The highest BCUT2D eigenvalue weighted by molar-refractivity contribution is 7.47. The molecule has 10 heteroatoms. The van der Waals surface area contributed by atoms with Gasteiger partial charge >= 0.3 is 19.8 Å². The first kappa shape index (κ1) is 47.7. The predicted molar refractivity (Wildman–Crippen MR) is 206 cm³/mol. The van der Waals surface area contributed by atoms with Gasteiger partial charge in [0.2, 0.25) is 0 Å². The van der Waals surface area contributed by atoms with E-state index in [-0.39, 0.29) is 32.6 Å². The second-order valence-electron chi connectivity index (χ2n) is 12.4. The standard InChI is InChI=1S/C40H70NO8P/c1-3-5-7-9-11-13-15-17-19-21-23-25-27-29-31-33-40(43)49-38(37-48-50(44,45)47-35-34-41)36-46-39(42)32-30-28-26-24-22-20-18-16-14-12-10-8-6-4-2/h10-13,16-19,23,25,38H,3-9,14-15,20-22,24,26-37,41H2,1-2H3,(H,44,45)/b12-10+,13-11+,18-16+,19-17+,25-23+/t38-/m1/s1. The number of ether oxygens (including phenoxy) is 2. The van der Waals surface area contributed by atoms with E-state index in [1.54, 1.807) is 0 Å². The van der Waals surface area contributed by atoms with Crippen LogP contribution in [-0.4, -0.2) is 49.3 Å². The van der Waals surface area contributed by atoms with Gasteiger partial charge in [0.25, 0.3) is 0 Å². The second kappa shape index (κ2) is 36.5. The normalized spacial score (nSPS) is 14.1. The smallest absolute Gasteiger partial charge is 0.462 e. The summed E-state index contributed by atoms with van der Waals surface area (Å²) >= 11 is 0. The molecule has 0 saturated carbocycles. The van der Waals surface area contributed by atoms with Crippen molar-refractivity contribution in [1.82, 2.24) is 0 Å². The quantitative estimate of drug-likeness (QED) is 0.0283. The summed E-state index contributed by atoms with van der Waals surface area (Å²) in [5, 5.41) is 0. The van der Waals surface area contributed by atoms with Gasteiger partial charge in [-0.2, -0.15) is 0 Å². The Balaban J connectivity index is 4.33. The molecule has 0 spiro atoms. The maximum Gasteiger partial charge on any atom is 0.472 e. The number of esters is 2. The molecule has 0 aromatic rings. The summed E-state index contributed by atoms with van der Waals surface area (Å²) < 4.78 is 32.6. The highest BCUT2D eigenvalue weighted by atomic mass is 31.2. The minimum Gasteiger partial charge on any atom is -0.462 e. The maximum atomic E-state index is 12.5. The van der Waals surface area contributed by atoms with Crippen molar-refractivity contribution in [2.45, 2.75) is 155 Å². The predicted octanol–water partition coefficient (Wildman–Crippen LogP) is 10.5. The molecular formula is C40H70NO8P. The van der Waals surface area contributed by atoms with Crippen molar-refractivity contribution in [2.75, 3.05) is 26.4 Å². The molecule has 0 bridgehead atoms. The zero-order chi connectivity index (χ0) is 36.8. The van der Waals surface area contributed by atoms with Gasteiger partial charge in [0.1, 0.15) is 6.61 Å². The maximum absolute atomic E-state index is 12.5. The van der Waals surface area contributed by atoms with Gasteiger partial charge < -0.3 is 20.1 Å². The zero-order valence-corrected chi connectivity index (χ0v) is 32.3. The molecule has 0 aliphatic heterocycles. The van der Waals surface area contributed by atoms with E-state index in [0.29, 0.717) is 12.8 Å². The molecule has 9 nitrogen and oxygen atoms in total. The fourth-order valence-electron chi connectivity index (χ4n) is 4.71. The van der Waals surface area contributed by atoms with Gasteiger partial charge in [-0.3, -0.25) is 18.6 Å². The third-order valence-electron chi connectivity index (χ3n) is 7.63. The van der Waals surface area contributed by atoms with Gasteiger partial charge in [0.15, 0.2) is 6.10 Å². The summed E-state index contributed by atoms with van der Waals surface area (Å²) in [6, 6.07) is 0. The summed E-state index contributed by atoms with van der Waals surface area (Å²) in [6.45, 7) is 3.57. The molecule has 0 aromatic heterocycles. The highest BCUT2D eigenvalue weighted by Gasteiger charge is 2.25. The van der Waals surface area contributed by atoms with Crippen LogP contribution >= 0.6 is 7.82 Å². The van der Waals surface area contributed by atoms with Crippen LogP contribution in [0, 0.1) is 0 Å². The Hall–Kier alpha value is -2.29. The van der Waals surface area contributed by atoms with E-state index in [9.17, 15) is 19.0 Å². The zero-order valence-electron chi connectivity index (χ0n) is 31.4. The molecule has 0 radical (unpaired) electrons. The third kappa shape index (κ3) is 35.5. The van der Waals surface area contributed by atoms with Crippen molar-refractivity contribution in [3.05, 3.63) is 60.8 Å². The Bertz CT molecular complexity index is 1010. The van der Waals surface area contributed by atoms with E-state index in [1.807, 2.05) is 0 Å². The molecule has 0 saturated heterocycles. The van der Waals surface area contributed by atoms with Crippen LogP contribution in [0.15, 0.2) is 60.8 Å². The fourth-order valence-corrected chi connectivity index (χ4v) is 5.48. The van der Waals surface area contributed by atoms with Crippen molar-refractivity contribution in [1.29, 1.82) is 0 Å². The lowest BCUT2D eigenvalue weighted by Crippen LogP contribution is -2.29. The number of phosphoric acid groups is 1. The Morgan fingerprint density at radius 2 is 1.06 bits per heavy atom. The Kier molecular flexibility index (Phi) is 34.8. The SMILES string of the molecule is CCCC/C=C/C/C=C/CCCCCCCC(=O)OC[C@H](COP(=O)(O)OCCN)OC(=O)CCCC/C=C/C/C=C/C/C=C/CCCCC. The average Bonchev–Trinajstić information content (AvgIpc) is 3.10. The number of carbonyl (C=O) groups excluding carboxylic acids is 2.